The van der Waals surface area contributed by atoms with Gasteiger partial charge in [-0.1, -0.05) is 0 Å². The van der Waals surface area contributed by atoms with Crippen molar-refractivity contribution in [2.45, 2.75) is 12.5 Å². The van der Waals surface area contributed by atoms with E-state index in [-0.39, 0.29) is 24.2 Å². The Morgan fingerprint density at radius 2 is 2.53 bits per heavy atom. The molecule has 2 N–H and O–H groups in total. The Morgan fingerprint density at radius 3 is 3.07 bits per heavy atom. The number of carbonyl (C=O) groups excluding carboxylic acids is 1. The van der Waals surface area contributed by atoms with Gasteiger partial charge in [0.25, 0.3) is 0 Å². The van der Waals surface area contributed by atoms with Crippen molar-refractivity contribution in [2.24, 2.45) is 5.73 Å². The number of rotatable bonds is 3. The molecule has 0 bridgehead atoms. The van der Waals surface area contributed by atoms with Gasteiger partial charge in [0.15, 0.2) is 5.01 Å². The number of thiazole rings is 1. The predicted molar refractivity (Wildman–Crippen MR) is 62.7 cm³/mol. The minimum absolute atomic E-state index is 0. The zero-order valence-electron chi connectivity index (χ0n) is 8.26. The number of Topliss-reactive ketones (excluding diaryl/α,β-unsaturated/α-hetero) is 1. The maximum absolute atomic E-state index is 11.6. The van der Waals surface area contributed by atoms with Crippen molar-refractivity contribution >= 4 is 29.5 Å². The van der Waals surface area contributed by atoms with E-state index >= 15 is 0 Å². The largest absolute Gasteiger partial charge is 0.326 e. The number of hydrogen-bond acceptors (Lipinski definition) is 5. The summed E-state index contributed by atoms with van der Waals surface area (Å²) in [6, 6.07) is 0.235. The Balaban J connectivity index is 0.00000112. The van der Waals surface area contributed by atoms with Crippen LogP contribution < -0.4 is 5.73 Å². The van der Waals surface area contributed by atoms with Crippen LogP contribution in [0.15, 0.2) is 11.6 Å². The first kappa shape index (κ1) is 12.6. The Hall–Kier alpha value is -0.490. The van der Waals surface area contributed by atoms with Crippen molar-refractivity contribution in [3.63, 3.8) is 0 Å². The molecule has 2 rings (SSSR count). The number of nitrogens with two attached hydrogens (primary N) is 1. The maximum atomic E-state index is 11.6. The minimum Gasteiger partial charge on any atom is -0.326 e. The fraction of sp³-hybridized carbons (Fsp3) is 0.556. The first-order valence-electron chi connectivity index (χ1n) is 4.66. The zero-order chi connectivity index (χ0) is 9.97. The van der Waals surface area contributed by atoms with E-state index in [1.54, 1.807) is 6.20 Å². The predicted octanol–water partition coefficient (Wildman–Crippen LogP) is 0.781. The summed E-state index contributed by atoms with van der Waals surface area (Å²) in [5, 5.41) is 2.42. The second-order valence-electron chi connectivity index (χ2n) is 3.54. The summed E-state index contributed by atoms with van der Waals surface area (Å²) in [5.74, 6) is 0.106. The molecule has 1 atom stereocenters. The molecule has 1 aromatic heterocycles. The van der Waals surface area contributed by atoms with E-state index in [4.69, 9.17) is 5.73 Å². The normalized spacial score (nSPS) is 21.3. The molecule has 1 aliphatic rings. The summed E-state index contributed by atoms with van der Waals surface area (Å²) in [7, 11) is 0. The molecular formula is C9H14ClN3OS. The van der Waals surface area contributed by atoms with Crippen molar-refractivity contribution in [2.75, 3.05) is 19.6 Å². The third-order valence-electron chi connectivity index (χ3n) is 2.35. The highest BCUT2D eigenvalue weighted by molar-refractivity contribution is 7.11. The third-order valence-corrected chi connectivity index (χ3v) is 3.16. The van der Waals surface area contributed by atoms with Crippen LogP contribution in [0, 0.1) is 0 Å². The first-order chi connectivity index (χ1) is 6.75. The van der Waals surface area contributed by atoms with Gasteiger partial charge < -0.3 is 5.73 Å². The molecule has 0 spiro atoms. The molecule has 6 heteroatoms. The standard InChI is InChI=1S/C9H13N3OS.ClH/c10-7-1-3-12(5-7)6-8(13)9-11-2-4-14-9;/h2,4,7H,1,3,5-6,10H2;1H/t7-;/m0./s1. The fourth-order valence-electron chi connectivity index (χ4n) is 1.64. The van der Waals surface area contributed by atoms with Crippen LogP contribution in [0.3, 0.4) is 0 Å². The SMILES string of the molecule is Cl.N[C@H]1CCN(CC(=O)c2nccs2)C1. The van der Waals surface area contributed by atoms with Crippen molar-refractivity contribution < 1.29 is 4.79 Å². The lowest BCUT2D eigenvalue weighted by Gasteiger charge is -2.12. The molecule has 1 aromatic rings. The van der Waals surface area contributed by atoms with E-state index in [0.29, 0.717) is 11.6 Å². The van der Waals surface area contributed by atoms with Crippen LogP contribution in [0.5, 0.6) is 0 Å². The summed E-state index contributed by atoms with van der Waals surface area (Å²) in [6.07, 6.45) is 2.65. The summed E-state index contributed by atoms with van der Waals surface area (Å²) in [5.41, 5.74) is 5.75. The number of nitrogens with zero attached hydrogens (tertiary/aromatic N) is 2. The first-order valence-corrected chi connectivity index (χ1v) is 5.54. The van der Waals surface area contributed by atoms with Gasteiger partial charge in [-0.2, -0.15) is 0 Å². The highest BCUT2D eigenvalue weighted by atomic mass is 35.5. The van der Waals surface area contributed by atoms with Gasteiger partial charge in [0, 0.05) is 30.7 Å². The lowest BCUT2D eigenvalue weighted by atomic mass is 10.3. The van der Waals surface area contributed by atoms with Crippen LogP contribution in [0.4, 0.5) is 0 Å². The molecule has 0 radical (unpaired) electrons. The zero-order valence-corrected chi connectivity index (χ0v) is 9.89. The van der Waals surface area contributed by atoms with Crippen LogP contribution in [0.1, 0.15) is 16.2 Å². The number of carbonyl (C=O) groups is 1. The van der Waals surface area contributed by atoms with Gasteiger partial charge in [0.05, 0.1) is 6.54 Å². The van der Waals surface area contributed by atoms with Crippen LogP contribution in [0.25, 0.3) is 0 Å². The Kier molecular flexibility index (Phi) is 4.66. The smallest absolute Gasteiger partial charge is 0.205 e. The number of aromatic nitrogens is 1. The molecule has 4 nitrogen and oxygen atoms in total. The van der Waals surface area contributed by atoms with Gasteiger partial charge in [-0.3, -0.25) is 9.69 Å². The van der Waals surface area contributed by atoms with E-state index in [1.165, 1.54) is 11.3 Å². The van der Waals surface area contributed by atoms with Gasteiger partial charge in [-0.15, -0.1) is 23.7 Å². The van der Waals surface area contributed by atoms with Gasteiger partial charge in [0.2, 0.25) is 5.78 Å². The molecule has 0 amide bonds. The van der Waals surface area contributed by atoms with Crippen molar-refractivity contribution in [3.8, 4) is 0 Å². The quantitative estimate of drug-likeness (QED) is 0.802. The second kappa shape index (κ2) is 5.55. The molecular weight excluding hydrogens is 234 g/mol. The molecule has 0 aliphatic carbocycles. The van der Waals surface area contributed by atoms with Gasteiger partial charge in [-0.05, 0) is 6.42 Å². The van der Waals surface area contributed by atoms with Gasteiger partial charge in [-0.25, -0.2) is 4.98 Å². The van der Waals surface area contributed by atoms with Gasteiger partial charge >= 0.3 is 0 Å². The molecule has 0 aromatic carbocycles. The summed E-state index contributed by atoms with van der Waals surface area (Å²) in [6.45, 7) is 2.22. The van der Waals surface area contributed by atoms with Crippen molar-refractivity contribution in [3.05, 3.63) is 16.6 Å². The molecule has 2 heterocycles. The Bertz CT molecular complexity index is 317. The fourth-order valence-corrected chi connectivity index (χ4v) is 2.21. The van der Waals surface area contributed by atoms with Crippen LogP contribution in [-0.2, 0) is 0 Å². The van der Waals surface area contributed by atoms with Crippen molar-refractivity contribution in [1.29, 1.82) is 0 Å². The average molecular weight is 248 g/mol. The summed E-state index contributed by atoms with van der Waals surface area (Å²) < 4.78 is 0. The van der Waals surface area contributed by atoms with E-state index in [1.807, 2.05) is 5.38 Å². The third kappa shape index (κ3) is 3.24. The highest BCUT2D eigenvalue weighted by Crippen LogP contribution is 2.10. The molecule has 1 saturated heterocycles. The molecule has 1 aliphatic heterocycles. The maximum Gasteiger partial charge on any atom is 0.205 e. The topological polar surface area (TPSA) is 59.2 Å². The molecule has 0 unspecified atom stereocenters. The van der Waals surface area contributed by atoms with E-state index in [9.17, 15) is 4.79 Å². The second-order valence-corrected chi connectivity index (χ2v) is 4.44. The Labute approximate surface area is 98.9 Å². The number of hydrogen-bond donors (Lipinski definition) is 1. The van der Waals surface area contributed by atoms with E-state index in [0.717, 1.165) is 19.5 Å². The summed E-state index contributed by atoms with van der Waals surface area (Å²) in [4.78, 5) is 17.7. The highest BCUT2D eigenvalue weighted by Gasteiger charge is 2.22. The number of ketones is 1. The van der Waals surface area contributed by atoms with Crippen LogP contribution in [0.2, 0.25) is 0 Å². The van der Waals surface area contributed by atoms with Crippen molar-refractivity contribution in [1.82, 2.24) is 9.88 Å². The number of halogens is 1. The molecule has 15 heavy (non-hydrogen) atoms. The molecule has 0 saturated carbocycles. The lowest BCUT2D eigenvalue weighted by molar-refractivity contribution is 0.0944. The van der Waals surface area contributed by atoms with E-state index in [2.05, 4.69) is 9.88 Å². The molecule has 84 valence electrons. The van der Waals surface area contributed by atoms with Crippen LogP contribution >= 0.6 is 23.7 Å². The average Bonchev–Trinajstić information content (AvgIpc) is 2.75. The van der Waals surface area contributed by atoms with E-state index < -0.39 is 0 Å². The van der Waals surface area contributed by atoms with Gasteiger partial charge in [0.1, 0.15) is 0 Å². The summed E-state index contributed by atoms with van der Waals surface area (Å²) >= 11 is 1.40. The van der Waals surface area contributed by atoms with Crippen LogP contribution in [-0.4, -0.2) is 41.3 Å². The molecule has 1 fully saturated rings. The Morgan fingerprint density at radius 1 is 1.73 bits per heavy atom. The minimum atomic E-state index is 0. The number of likely N-dealkylation sites (tertiary alicyclic amines) is 1. The lowest BCUT2D eigenvalue weighted by Crippen LogP contribution is -2.30. The monoisotopic (exact) mass is 247 g/mol.